The largest absolute Gasteiger partial charge is 0.416 e. The molecule has 0 unspecified atom stereocenters. The van der Waals surface area contributed by atoms with E-state index in [0.717, 1.165) is 18.9 Å². The minimum atomic E-state index is -4.36. The van der Waals surface area contributed by atoms with Gasteiger partial charge in [0.25, 0.3) is 0 Å². The lowest BCUT2D eigenvalue weighted by Crippen LogP contribution is -2.40. The maximum absolute atomic E-state index is 13.1. The average molecular weight is 311 g/mol. The van der Waals surface area contributed by atoms with Crippen LogP contribution in [0.1, 0.15) is 50.2 Å². The summed E-state index contributed by atoms with van der Waals surface area (Å²) in [4.78, 5) is 14.5. The molecule has 0 spiro atoms. The Kier molecular flexibility index (Phi) is 3.69. The Bertz CT molecular complexity index is 576. The van der Waals surface area contributed by atoms with E-state index in [1.165, 1.54) is 12.1 Å². The summed E-state index contributed by atoms with van der Waals surface area (Å²) in [6, 6.07) is 6.04. The predicted octanol–water partition coefficient (Wildman–Crippen LogP) is 4.21. The van der Waals surface area contributed by atoms with Crippen molar-refractivity contribution in [2.75, 3.05) is 0 Å². The van der Waals surface area contributed by atoms with Gasteiger partial charge < -0.3 is 4.90 Å². The van der Waals surface area contributed by atoms with Crippen LogP contribution in [-0.2, 0) is 11.0 Å². The lowest BCUT2D eigenvalue weighted by Gasteiger charge is -2.27. The Morgan fingerprint density at radius 3 is 2.41 bits per heavy atom. The summed E-state index contributed by atoms with van der Waals surface area (Å²) in [5.74, 6) is -0.545. The number of rotatable bonds is 4. The fourth-order valence-corrected chi connectivity index (χ4v) is 3.29. The lowest BCUT2D eigenvalue weighted by molar-refractivity contribution is -0.139. The highest BCUT2D eigenvalue weighted by Crippen LogP contribution is 2.52. The van der Waals surface area contributed by atoms with Crippen LogP contribution in [-0.4, -0.2) is 22.9 Å². The molecule has 3 rings (SSSR count). The molecule has 0 aliphatic heterocycles. The Morgan fingerprint density at radius 2 is 1.86 bits per heavy atom. The van der Waals surface area contributed by atoms with Crippen molar-refractivity contribution in [3.63, 3.8) is 0 Å². The Balaban J connectivity index is 1.79. The molecule has 22 heavy (non-hydrogen) atoms. The molecule has 2 fully saturated rings. The molecule has 1 aromatic rings. The zero-order valence-corrected chi connectivity index (χ0v) is 12.7. The summed E-state index contributed by atoms with van der Waals surface area (Å²) in [5.41, 5.74) is -0.328. The zero-order valence-electron chi connectivity index (χ0n) is 12.7. The second-order valence-corrected chi connectivity index (χ2v) is 6.60. The SMILES string of the molecule is CC(C)N(C(=O)[C@@H]1C[C@@H]1c1ccccc1C(F)(F)F)C1CC1. The first-order valence-electron chi connectivity index (χ1n) is 7.79. The van der Waals surface area contributed by atoms with Gasteiger partial charge in [-0.1, -0.05) is 18.2 Å². The molecule has 0 radical (unpaired) electrons. The third-order valence-electron chi connectivity index (χ3n) is 4.52. The Hall–Kier alpha value is -1.52. The zero-order chi connectivity index (χ0) is 16.1. The third-order valence-corrected chi connectivity index (χ3v) is 4.52. The molecule has 2 atom stereocenters. The normalized spacial score (nSPS) is 24.5. The molecule has 2 aliphatic carbocycles. The topological polar surface area (TPSA) is 20.3 Å². The van der Waals surface area contributed by atoms with Crippen molar-refractivity contribution in [2.45, 2.75) is 57.3 Å². The van der Waals surface area contributed by atoms with Gasteiger partial charge in [-0.05, 0) is 50.7 Å². The minimum absolute atomic E-state index is 0.0273. The van der Waals surface area contributed by atoms with E-state index >= 15 is 0 Å². The van der Waals surface area contributed by atoms with Gasteiger partial charge in [0.2, 0.25) is 5.91 Å². The maximum atomic E-state index is 13.1. The number of amides is 1. The summed E-state index contributed by atoms with van der Waals surface area (Å²) in [7, 11) is 0. The van der Waals surface area contributed by atoms with Crippen LogP contribution < -0.4 is 0 Å². The van der Waals surface area contributed by atoms with Crippen LogP contribution in [0.2, 0.25) is 0 Å². The molecule has 2 nitrogen and oxygen atoms in total. The molecule has 2 aliphatic rings. The van der Waals surface area contributed by atoms with Gasteiger partial charge in [-0.3, -0.25) is 4.79 Å². The van der Waals surface area contributed by atoms with Crippen molar-refractivity contribution in [3.8, 4) is 0 Å². The molecule has 2 saturated carbocycles. The smallest absolute Gasteiger partial charge is 0.337 e. The Labute approximate surface area is 128 Å². The fourth-order valence-electron chi connectivity index (χ4n) is 3.29. The number of nitrogens with zero attached hydrogens (tertiary/aromatic N) is 1. The van der Waals surface area contributed by atoms with Crippen LogP contribution in [0.15, 0.2) is 24.3 Å². The molecular formula is C17H20F3NO. The van der Waals surface area contributed by atoms with Crippen molar-refractivity contribution in [1.82, 2.24) is 4.90 Å². The van der Waals surface area contributed by atoms with Gasteiger partial charge in [0.05, 0.1) is 5.56 Å². The number of benzene rings is 1. The van der Waals surface area contributed by atoms with Crippen LogP contribution in [0.5, 0.6) is 0 Å². The van der Waals surface area contributed by atoms with E-state index in [2.05, 4.69) is 0 Å². The summed E-state index contributed by atoms with van der Waals surface area (Å²) >= 11 is 0. The molecular weight excluding hydrogens is 291 g/mol. The lowest BCUT2D eigenvalue weighted by atomic mass is 10.0. The number of hydrogen-bond donors (Lipinski definition) is 0. The van der Waals surface area contributed by atoms with Gasteiger partial charge in [-0.15, -0.1) is 0 Å². The standard InChI is InChI=1S/C17H20F3NO/c1-10(2)21(11-7-8-11)16(22)14-9-13(14)12-5-3-4-6-15(12)17(18,19)20/h3-6,10-11,13-14H,7-9H2,1-2H3/t13-,14-/m1/s1. The van der Waals surface area contributed by atoms with E-state index in [1.54, 1.807) is 6.07 Å². The van der Waals surface area contributed by atoms with Crippen LogP contribution in [0.25, 0.3) is 0 Å². The maximum Gasteiger partial charge on any atom is 0.416 e. The Morgan fingerprint density at radius 1 is 1.23 bits per heavy atom. The first-order valence-corrected chi connectivity index (χ1v) is 7.79. The molecule has 120 valence electrons. The molecule has 1 aromatic carbocycles. The molecule has 0 bridgehead atoms. The molecule has 1 amide bonds. The number of hydrogen-bond acceptors (Lipinski definition) is 1. The molecule has 5 heteroatoms. The van der Waals surface area contributed by atoms with Gasteiger partial charge in [-0.2, -0.15) is 13.2 Å². The third kappa shape index (κ3) is 2.85. The van der Waals surface area contributed by atoms with E-state index in [-0.39, 0.29) is 29.3 Å². The van der Waals surface area contributed by atoms with E-state index in [0.29, 0.717) is 12.5 Å². The van der Waals surface area contributed by atoms with Crippen LogP contribution in [0, 0.1) is 5.92 Å². The van der Waals surface area contributed by atoms with Gasteiger partial charge in [0, 0.05) is 18.0 Å². The van der Waals surface area contributed by atoms with Crippen LogP contribution >= 0.6 is 0 Å². The number of carbonyl (C=O) groups is 1. The highest BCUT2D eigenvalue weighted by molar-refractivity contribution is 5.84. The first-order chi connectivity index (χ1) is 10.3. The van der Waals surface area contributed by atoms with Gasteiger partial charge in [0.1, 0.15) is 0 Å². The molecule has 0 saturated heterocycles. The monoisotopic (exact) mass is 311 g/mol. The van der Waals surface area contributed by atoms with E-state index < -0.39 is 11.7 Å². The predicted molar refractivity (Wildman–Crippen MR) is 77.3 cm³/mol. The fraction of sp³-hybridized carbons (Fsp3) is 0.588. The average Bonchev–Trinajstić information content (AvgIpc) is 3.31. The summed E-state index contributed by atoms with van der Waals surface area (Å²) < 4.78 is 39.3. The van der Waals surface area contributed by atoms with Crippen molar-refractivity contribution >= 4 is 5.91 Å². The van der Waals surface area contributed by atoms with Crippen LogP contribution in [0.4, 0.5) is 13.2 Å². The van der Waals surface area contributed by atoms with Gasteiger partial charge >= 0.3 is 6.18 Å². The van der Waals surface area contributed by atoms with Crippen molar-refractivity contribution in [2.24, 2.45) is 5.92 Å². The molecule has 0 N–H and O–H groups in total. The minimum Gasteiger partial charge on any atom is -0.337 e. The number of alkyl halides is 3. The van der Waals surface area contributed by atoms with Crippen molar-refractivity contribution in [1.29, 1.82) is 0 Å². The second kappa shape index (κ2) is 5.28. The highest BCUT2D eigenvalue weighted by Gasteiger charge is 2.51. The van der Waals surface area contributed by atoms with Crippen LogP contribution in [0.3, 0.4) is 0 Å². The van der Waals surface area contributed by atoms with Crippen molar-refractivity contribution in [3.05, 3.63) is 35.4 Å². The van der Waals surface area contributed by atoms with E-state index in [1.807, 2.05) is 18.7 Å². The summed E-state index contributed by atoms with van der Waals surface area (Å²) in [6.45, 7) is 3.94. The van der Waals surface area contributed by atoms with E-state index in [4.69, 9.17) is 0 Å². The van der Waals surface area contributed by atoms with Crippen molar-refractivity contribution < 1.29 is 18.0 Å². The highest BCUT2D eigenvalue weighted by atomic mass is 19.4. The quantitative estimate of drug-likeness (QED) is 0.816. The number of halogens is 3. The number of carbonyl (C=O) groups excluding carboxylic acids is 1. The second-order valence-electron chi connectivity index (χ2n) is 6.60. The van der Waals surface area contributed by atoms with Gasteiger partial charge in [-0.25, -0.2) is 0 Å². The molecule has 0 aromatic heterocycles. The summed E-state index contributed by atoms with van der Waals surface area (Å²) in [6.07, 6.45) is -1.80. The first kappa shape index (κ1) is 15.4. The molecule has 0 heterocycles. The summed E-state index contributed by atoms with van der Waals surface area (Å²) in [5, 5.41) is 0. The van der Waals surface area contributed by atoms with Gasteiger partial charge in [0.15, 0.2) is 0 Å². The van der Waals surface area contributed by atoms with E-state index in [9.17, 15) is 18.0 Å².